The van der Waals surface area contributed by atoms with E-state index in [1.54, 1.807) is 37.3 Å². The highest BCUT2D eigenvalue weighted by atomic mass is 35.5. The maximum absolute atomic E-state index is 12.8. The highest BCUT2D eigenvalue weighted by Crippen LogP contribution is 2.31. The molecule has 1 aliphatic rings. The van der Waals surface area contributed by atoms with E-state index >= 15 is 0 Å². The maximum Gasteiger partial charge on any atom is 0.379 e. The number of furan rings is 1. The Labute approximate surface area is 191 Å². The van der Waals surface area contributed by atoms with E-state index in [0.29, 0.717) is 46.2 Å². The number of amides is 1. The Balaban J connectivity index is 1.56. The Bertz CT molecular complexity index is 1230. The maximum atomic E-state index is 12.8. The first-order valence-corrected chi connectivity index (χ1v) is 10.8. The third-order valence-electron chi connectivity index (χ3n) is 5.46. The second kappa shape index (κ2) is 9.01. The molecule has 164 valence electrons. The van der Waals surface area contributed by atoms with Gasteiger partial charge < -0.3 is 9.15 Å². The van der Waals surface area contributed by atoms with Gasteiger partial charge in [0.2, 0.25) is 5.76 Å². The zero-order valence-electron chi connectivity index (χ0n) is 18.1. The van der Waals surface area contributed by atoms with Gasteiger partial charge in [-0.2, -0.15) is 5.10 Å². The first kappa shape index (κ1) is 21.8. The zero-order chi connectivity index (χ0) is 22.8. The van der Waals surface area contributed by atoms with Crippen molar-refractivity contribution >= 4 is 29.2 Å². The lowest BCUT2D eigenvalue weighted by Gasteiger charge is -2.13. The van der Waals surface area contributed by atoms with E-state index in [1.165, 1.54) is 0 Å². The topological polar surface area (TPSA) is 80.9 Å². The molecule has 0 spiro atoms. The van der Waals surface area contributed by atoms with Crippen molar-refractivity contribution in [2.75, 3.05) is 0 Å². The molecular weight excluding hydrogens is 428 g/mol. The van der Waals surface area contributed by atoms with E-state index in [-0.39, 0.29) is 11.7 Å². The van der Waals surface area contributed by atoms with Crippen LogP contribution < -0.4 is 10.2 Å². The number of hydrogen-bond acceptors (Lipinski definition) is 5. The SMILES string of the molecule is Cc1ccc(C(=O)N/N=C2\CCCc3oc(C(=O)Oc4ccc(Cl)c(C)c4)c(C)c32)cc1. The van der Waals surface area contributed by atoms with Crippen molar-refractivity contribution in [1.29, 1.82) is 0 Å². The molecule has 2 aromatic carbocycles. The number of ether oxygens (including phenoxy) is 1. The Morgan fingerprint density at radius 1 is 1.06 bits per heavy atom. The van der Waals surface area contributed by atoms with Crippen molar-refractivity contribution in [3.05, 3.63) is 86.8 Å². The van der Waals surface area contributed by atoms with E-state index in [1.807, 2.05) is 26.0 Å². The number of rotatable bonds is 4. The predicted octanol–water partition coefficient (Wildman–Crippen LogP) is 5.55. The largest absolute Gasteiger partial charge is 0.453 e. The number of carbonyl (C=O) groups excluding carboxylic acids is 2. The highest BCUT2D eigenvalue weighted by molar-refractivity contribution is 6.31. The standard InChI is InChI=1S/C25H23ClN2O4/c1-14-7-9-17(10-8-14)24(29)28-27-20-5-4-6-21-22(20)16(3)23(32-21)25(30)31-18-11-12-19(26)15(2)13-18/h7-13H,4-6H2,1-3H3,(H,28,29)/b27-20+. The molecule has 0 saturated heterocycles. The van der Waals surface area contributed by atoms with Crippen LogP contribution in [0.25, 0.3) is 0 Å². The molecule has 7 heteroatoms. The smallest absolute Gasteiger partial charge is 0.379 e. The van der Waals surface area contributed by atoms with Crippen LogP contribution in [-0.2, 0) is 6.42 Å². The van der Waals surface area contributed by atoms with Crippen LogP contribution in [0.1, 0.15) is 61.8 Å². The number of nitrogens with one attached hydrogen (secondary N) is 1. The molecule has 0 radical (unpaired) electrons. The molecular formula is C25H23ClN2O4. The molecule has 0 aliphatic heterocycles. The van der Waals surface area contributed by atoms with E-state index in [4.69, 9.17) is 20.8 Å². The molecule has 0 atom stereocenters. The number of carbonyl (C=O) groups is 2. The van der Waals surface area contributed by atoms with Gasteiger partial charge in [0, 0.05) is 28.1 Å². The summed E-state index contributed by atoms with van der Waals surface area (Å²) in [6, 6.07) is 12.3. The zero-order valence-corrected chi connectivity index (χ0v) is 18.9. The van der Waals surface area contributed by atoms with E-state index in [9.17, 15) is 9.59 Å². The quantitative estimate of drug-likeness (QED) is 0.321. The first-order valence-electron chi connectivity index (χ1n) is 10.4. The molecule has 1 heterocycles. The lowest BCUT2D eigenvalue weighted by atomic mass is 9.93. The van der Waals surface area contributed by atoms with Crippen molar-refractivity contribution in [3.63, 3.8) is 0 Å². The number of esters is 1. The highest BCUT2D eigenvalue weighted by Gasteiger charge is 2.29. The third kappa shape index (κ3) is 4.46. The molecule has 0 saturated carbocycles. The minimum atomic E-state index is -0.582. The van der Waals surface area contributed by atoms with E-state index in [2.05, 4.69) is 10.5 Å². The lowest BCUT2D eigenvalue weighted by molar-refractivity contribution is 0.0698. The van der Waals surface area contributed by atoms with Gasteiger partial charge in [-0.1, -0.05) is 29.3 Å². The summed E-state index contributed by atoms with van der Waals surface area (Å²) in [4.78, 5) is 25.2. The van der Waals surface area contributed by atoms with Crippen molar-refractivity contribution in [2.45, 2.75) is 40.0 Å². The molecule has 32 heavy (non-hydrogen) atoms. The number of benzene rings is 2. The van der Waals surface area contributed by atoms with Gasteiger partial charge in [-0.05, 0) is 69.5 Å². The Morgan fingerprint density at radius 2 is 1.81 bits per heavy atom. The van der Waals surface area contributed by atoms with Crippen molar-refractivity contribution in [1.82, 2.24) is 5.43 Å². The molecule has 1 aromatic heterocycles. The monoisotopic (exact) mass is 450 g/mol. The van der Waals surface area contributed by atoms with Crippen LogP contribution in [0.4, 0.5) is 0 Å². The molecule has 1 aliphatic carbocycles. The molecule has 1 amide bonds. The fourth-order valence-corrected chi connectivity index (χ4v) is 3.81. The van der Waals surface area contributed by atoms with Gasteiger partial charge in [0.05, 0.1) is 5.71 Å². The number of aryl methyl sites for hydroxylation is 3. The fraction of sp³-hybridized carbons (Fsp3) is 0.240. The molecule has 0 bridgehead atoms. The molecule has 4 rings (SSSR count). The van der Waals surface area contributed by atoms with Gasteiger partial charge in [0.15, 0.2) is 0 Å². The average molecular weight is 451 g/mol. The summed E-state index contributed by atoms with van der Waals surface area (Å²) in [7, 11) is 0. The minimum Gasteiger partial charge on any atom is -0.453 e. The van der Waals surface area contributed by atoms with Crippen LogP contribution in [-0.4, -0.2) is 17.6 Å². The summed E-state index contributed by atoms with van der Waals surface area (Å²) in [6.07, 6.45) is 2.17. The summed E-state index contributed by atoms with van der Waals surface area (Å²) >= 11 is 6.04. The van der Waals surface area contributed by atoms with Crippen LogP contribution >= 0.6 is 11.6 Å². The summed E-state index contributed by atoms with van der Waals surface area (Å²) in [5.41, 5.74) is 7.15. The molecule has 6 nitrogen and oxygen atoms in total. The number of halogens is 1. The summed E-state index contributed by atoms with van der Waals surface area (Å²) < 4.78 is 11.4. The van der Waals surface area contributed by atoms with Crippen LogP contribution in [0.3, 0.4) is 0 Å². The van der Waals surface area contributed by atoms with Crippen molar-refractivity contribution in [3.8, 4) is 5.75 Å². The molecule has 3 aromatic rings. The van der Waals surface area contributed by atoms with Crippen LogP contribution in [0.5, 0.6) is 5.75 Å². The Kier molecular flexibility index (Phi) is 6.15. The van der Waals surface area contributed by atoms with E-state index < -0.39 is 5.97 Å². The van der Waals surface area contributed by atoms with Crippen LogP contribution in [0.2, 0.25) is 5.02 Å². The second-order valence-electron chi connectivity index (χ2n) is 7.87. The minimum absolute atomic E-state index is 0.141. The van der Waals surface area contributed by atoms with Gasteiger partial charge in [0.25, 0.3) is 5.91 Å². The van der Waals surface area contributed by atoms with Gasteiger partial charge >= 0.3 is 5.97 Å². The molecule has 1 N–H and O–H groups in total. The third-order valence-corrected chi connectivity index (χ3v) is 5.88. The van der Waals surface area contributed by atoms with E-state index in [0.717, 1.165) is 23.1 Å². The first-order chi connectivity index (χ1) is 15.3. The number of hydrogen-bond donors (Lipinski definition) is 1. The number of hydrazone groups is 1. The average Bonchev–Trinajstić information content (AvgIpc) is 3.12. The normalized spacial score (nSPS) is 14.2. The number of fused-ring (bicyclic) bond motifs is 1. The summed E-state index contributed by atoms with van der Waals surface area (Å²) in [6.45, 7) is 5.60. The summed E-state index contributed by atoms with van der Waals surface area (Å²) in [5.74, 6) is 0.341. The Hall–Kier alpha value is -3.38. The van der Waals surface area contributed by atoms with Gasteiger partial charge in [-0.3, -0.25) is 4.79 Å². The van der Waals surface area contributed by atoms with Crippen LogP contribution in [0.15, 0.2) is 52.0 Å². The van der Waals surface area contributed by atoms with Crippen molar-refractivity contribution < 1.29 is 18.7 Å². The lowest BCUT2D eigenvalue weighted by Crippen LogP contribution is -2.22. The fourth-order valence-electron chi connectivity index (χ4n) is 3.70. The van der Waals surface area contributed by atoms with Gasteiger partial charge in [0.1, 0.15) is 11.5 Å². The Morgan fingerprint density at radius 3 is 2.53 bits per heavy atom. The molecule has 0 fully saturated rings. The van der Waals surface area contributed by atoms with Gasteiger partial charge in [-0.25, -0.2) is 10.2 Å². The predicted molar refractivity (Wildman–Crippen MR) is 123 cm³/mol. The van der Waals surface area contributed by atoms with Gasteiger partial charge in [-0.15, -0.1) is 0 Å². The van der Waals surface area contributed by atoms with Crippen molar-refractivity contribution in [2.24, 2.45) is 5.10 Å². The number of nitrogens with zero attached hydrogens (tertiary/aromatic N) is 1. The summed E-state index contributed by atoms with van der Waals surface area (Å²) in [5, 5.41) is 4.95. The second-order valence-corrected chi connectivity index (χ2v) is 8.28. The van der Waals surface area contributed by atoms with Crippen LogP contribution in [0, 0.1) is 20.8 Å². The molecule has 0 unspecified atom stereocenters.